The number of amides is 1. The maximum absolute atomic E-state index is 12.7. The summed E-state index contributed by atoms with van der Waals surface area (Å²) in [6.45, 7) is 9.08. The van der Waals surface area contributed by atoms with Crippen LogP contribution in [0.15, 0.2) is 23.1 Å². The molecule has 0 spiro atoms. The Bertz CT molecular complexity index is 1140. The number of hydrogen-bond acceptors (Lipinski definition) is 6. The molecule has 0 aliphatic carbocycles. The highest BCUT2D eigenvalue weighted by molar-refractivity contribution is 7.89. The smallest absolute Gasteiger partial charge is 0.339 e. The molecule has 2 aromatic carbocycles. The van der Waals surface area contributed by atoms with Gasteiger partial charge >= 0.3 is 5.97 Å². The van der Waals surface area contributed by atoms with Gasteiger partial charge in [0, 0.05) is 14.1 Å². The molecule has 0 fully saturated rings. The van der Waals surface area contributed by atoms with Crippen LogP contribution in [0.5, 0.6) is 5.75 Å². The summed E-state index contributed by atoms with van der Waals surface area (Å²) < 4.78 is 36.3. The number of sulfonamides is 1. The van der Waals surface area contributed by atoms with Crippen LogP contribution >= 0.6 is 0 Å². The molecule has 0 radical (unpaired) electrons. The third kappa shape index (κ3) is 4.94. The number of anilines is 1. The molecule has 9 heteroatoms. The molecule has 1 amide bonds. The van der Waals surface area contributed by atoms with Crippen molar-refractivity contribution in [2.75, 3.05) is 33.1 Å². The zero-order valence-corrected chi connectivity index (χ0v) is 20.6. The summed E-state index contributed by atoms with van der Waals surface area (Å²) in [5.74, 6) is -0.928. The number of carbonyl (C=O) groups excluding carboxylic acids is 2. The van der Waals surface area contributed by atoms with Gasteiger partial charge in [-0.3, -0.25) is 4.79 Å². The van der Waals surface area contributed by atoms with Crippen LogP contribution in [-0.4, -0.2) is 52.4 Å². The molecule has 0 saturated heterocycles. The van der Waals surface area contributed by atoms with E-state index in [0.717, 1.165) is 32.1 Å². The Hall–Kier alpha value is -2.91. The summed E-state index contributed by atoms with van der Waals surface area (Å²) in [7, 11) is 0.524. The van der Waals surface area contributed by atoms with Gasteiger partial charge in [0.1, 0.15) is 5.75 Å². The molecule has 174 valence electrons. The third-order valence-electron chi connectivity index (χ3n) is 5.76. The first-order chi connectivity index (χ1) is 14.8. The minimum Gasteiger partial charge on any atom is -0.495 e. The van der Waals surface area contributed by atoms with Crippen LogP contribution in [0.1, 0.15) is 38.2 Å². The lowest BCUT2D eigenvalue weighted by molar-refractivity contribution is -0.119. The zero-order chi connectivity index (χ0) is 24.4. The quantitative estimate of drug-likeness (QED) is 0.634. The lowest BCUT2D eigenvalue weighted by Crippen LogP contribution is -2.24. The summed E-state index contributed by atoms with van der Waals surface area (Å²) in [5.41, 5.74) is 5.38. The minimum absolute atomic E-state index is 0.00699. The standard InChI is InChI=1S/C23H30N2O6S/c1-13-14(2)16(4)22(17(5)15(13)3)23(27)31-12-21(26)24-19-11-18(9-10-20(19)30-8)32(28,29)25(6)7/h9-11H,12H2,1-8H3,(H,24,26). The van der Waals surface area contributed by atoms with E-state index >= 15 is 0 Å². The normalized spacial score (nSPS) is 11.4. The highest BCUT2D eigenvalue weighted by atomic mass is 32.2. The lowest BCUT2D eigenvalue weighted by atomic mass is 9.90. The average molecular weight is 463 g/mol. The van der Waals surface area contributed by atoms with E-state index in [9.17, 15) is 18.0 Å². The molecule has 0 saturated carbocycles. The predicted octanol–water partition coefficient (Wildman–Crippen LogP) is 3.28. The van der Waals surface area contributed by atoms with Crippen LogP contribution in [0.2, 0.25) is 0 Å². The summed E-state index contributed by atoms with van der Waals surface area (Å²) >= 11 is 0. The number of carbonyl (C=O) groups is 2. The molecular formula is C23H30N2O6S. The SMILES string of the molecule is COc1ccc(S(=O)(=O)N(C)C)cc1NC(=O)COC(=O)c1c(C)c(C)c(C)c(C)c1C. The van der Waals surface area contributed by atoms with Crippen LogP contribution in [0.4, 0.5) is 5.69 Å². The van der Waals surface area contributed by atoms with E-state index in [2.05, 4.69) is 5.32 Å². The summed E-state index contributed by atoms with van der Waals surface area (Å²) in [5, 5.41) is 2.56. The Kier molecular flexibility index (Phi) is 7.69. The molecule has 32 heavy (non-hydrogen) atoms. The molecule has 0 aliphatic heterocycles. The lowest BCUT2D eigenvalue weighted by Gasteiger charge is -2.18. The number of ether oxygens (including phenoxy) is 2. The fourth-order valence-corrected chi connectivity index (χ4v) is 4.28. The second kappa shape index (κ2) is 9.70. The first-order valence-corrected chi connectivity index (χ1v) is 11.4. The Labute approximate surface area is 189 Å². The van der Waals surface area contributed by atoms with Gasteiger partial charge in [-0.15, -0.1) is 0 Å². The van der Waals surface area contributed by atoms with Gasteiger partial charge in [-0.25, -0.2) is 17.5 Å². The van der Waals surface area contributed by atoms with E-state index in [1.807, 2.05) is 34.6 Å². The molecule has 8 nitrogen and oxygen atoms in total. The number of hydrogen-bond donors (Lipinski definition) is 1. The Balaban J connectivity index is 2.22. The van der Waals surface area contributed by atoms with Crippen molar-refractivity contribution in [3.8, 4) is 5.75 Å². The number of benzene rings is 2. The van der Waals surface area contributed by atoms with E-state index in [4.69, 9.17) is 9.47 Å². The van der Waals surface area contributed by atoms with Gasteiger partial charge < -0.3 is 14.8 Å². The first-order valence-electron chi connectivity index (χ1n) is 9.97. The van der Waals surface area contributed by atoms with Crippen molar-refractivity contribution in [1.82, 2.24) is 4.31 Å². The molecule has 0 heterocycles. The van der Waals surface area contributed by atoms with Gasteiger partial charge in [0.05, 0.1) is 23.3 Å². The van der Waals surface area contributed by atoms with Crippen LogP contribution < -0.4 is 10.1 Å². The van der Waals surface area contributed by atoms with Gasteiger partial charge in [0.25, 0.3) is 5.91 Å². The van der Waals surface area contributed by atoms with E-state index in [0.29, 0.717) is 5.56 Å². The van der Waals surface area contributed by atoms with E-state index in [1.54, 1.807) is 0 Å². The van der Waals surface area contributed by atoms with Crippen LogP contribution in [0.25, 0.3) is 0 Å². The topological polar surface area (TPSA) is 102 Å². The maximum Gasteiger partial charge on any atom is 0.339 e. The first kappa shape index (κ1) is 25.4. The van der Waals surface area contributed by atoms with Gasteiger partial charge in [0.2, 0.25) is 10.0 Å². The second-order valence-corrected chi connectivity index (χ2v) is 9.93. The molecule has 0 unspecified atom stereocenters. The fraction of sp³-hybridized carbons (Fsp3) is 0.391. The van der Waals surface area contributed by atoms with E-state index in [-0.39, 0.29) is 16.3 Å². The molecular weight excluding hydrogens is 432 g/mol. The molecule has 0 atom stereocenters. The van der Waals surface area contributed by atoms with Crippen LogP contribution in [-0.2, 0) is 19.6 Å². The van der Waals surface area contributed by atoms with Crippen molar-refractivity contribution in [2.45, 2.75) is 39.5 Å². The van der Waals surface area contributed by atoms with Crippen molar-refractivity contribution in [3.63, 3.8) is 0 Å². The van der Waals surface area contributed by atoms with Crippen molar-refractivity contribution in [2.24, 2.45) is 0 Å². The van der Waals surface area contributed by atoms with Crippen LogP contribution in [0.3, 0.4) is 0 Å². The van der Waals surface area contributed by atoms with Gasteiger partial charge in [-0.1, -0.05) is 0 Å². The minimum atomic E-state index is -3.70. The highest BCUT2D eigenvalue weighted by Gasteiger charge is 2.22. The largest absolute Gasteiger partial charge is 0.495 e. The monoisotopic (exact) mass is 462 g/mol. The highest BCUT2D eigenvalue weighted by Crippen LogP contribution is 2.29. The zero-order valence-electron chi connectivity index (χ0n) is 19.7. The summed E-state index contributed by atoms with van der Waals surface area (Å²) in [4.78, 5) is 25.2. The van der Waals surface area contributed by atoms with Crippen molar-refractivity contribution in [1.29, 1.82) is 0 Å². The third-order valence-corrected chi connectivity index (χ3v) is 7.57. The van der Waals surface area contributed by atoms with Gasteiger partial charge in [-0.2, -0.15) is 0 Å². The Morgan fingerprint density at radius 3 is 1.97 bits per heavy atom. The second-order valence-electron chi connectivity index (χ2n) is 7.77. The number of nitrogens with zero attached hydrogens (tertiary/aromatic N) is 1. The van der Waals surface area contributed by atoms with Crippen molar-refractivity contribution < 1.29 is 27.5 Å². The van der Waals surface area contributed by atoms with Crippen molar-refractivity contribution in [3.05, 3.63) is 51.6 Å². The molecule has 1 N–H and O–H groups in total. The van der Waals surface area contributed by atoms with E-state index < -0.39 is 28.5 Å². The van der Waals surface area contributed by atoms with Crippen molar-refractivity contribution >= 4 is 27.6 Å². The number of rotatable bonds is 7. The predicted molar refractivity (Wildman–Crippen MR) is 123 cm³/mol. The molecule has 2 rings (SSSR count). The average Bonchev–Trinajstić information content (AvgIpc) is 2.74. The number of nitrogens with one attached hydrogen (secondary N) is 1. The van der Waals surface area contributed by atoms with Gasteiger partial charge in [-0.05, 0) is 80.6 Å². The summed E-state index contributed by atoms with van der Waals surface area (Å²) in [6.07, 6.45) is 0. The Morgan fingerprint density at radius 2 is 1.47 bits per heavy atom. The maximum atomic E-state index is 12.7. The molecule has 0 bridgehead atoms. The fourth-order valence-electron chi connectivity index (χ4n) is 3.35. The van der Waals surface area contributed by atoms with Gasteiger partial charge in [0.15, 0.2) is 6.61 Å². The molecule has 2 aromatic rings. The Morgan fingerprint density at radius 1 is 0.938 bits per heavy atom. The van der Waals surface area contributed by atoms with Crippen LogP contribution in [0, 0.1) is 34.6 Å². The molecule has 0 aromatic heterocycles. The van der Waals surface area contributed by atoms with E-state index in [1.165, 1.54) is 39.4 Å². The molecule has 0 aliphatic rings. The summed E-state index contributed by atoms with van der Waals surface area (Å²) in [6, 6.07) is 4.13. The number of esters is 1. The number of methoxy groups -OCH3 is 1.